The Labute approximate surface area is 871 Å². The van der Waals surface area contributed by atoms with Crippen molar-refractivity contribution >= 4 is 31.3 Å². The molecule has 8 aromatic carbocycles. The smallest absolute Gasteiger partial charge is 0.736 e. The summed E-state index contributed by atoms with van der Waals surface area (Å²) in [5.74, 6) is 2.24. The summed E-state index contributed by atoms with van der Waals surface area (Å²) in [6.45, 7) is 17.9. The Morgan fingerprint density at radius 1 is 0.142 bits per heavy atom. The summed E-state index contributed by atoms with van der Waals surface area (Å²) in [5.41, 5.74) is 9.59. The molecule has 21 heteroatoms. The normalized spacial score (nSPS) is 11.4. The van der Waals surface area contributed by atoms with Crippen LogP contribution >= 0.6 is 31.3 Å². The fourth-order valence-electron chi connectivity index (χ4n) is 17.1. The van der Waals surface area contributed by atoms with E-state index < -0.39 is 31.3 Å². The number of benzene rings is 8. The molecule has 0 aromatic heterocycles. The zero-order valence-electron chi connectivity index (χ0n) is 88.5. The van der Waals surface area contributed by atoms with Crippen molar-refractivity contribution < 1.29 is 95.1 Å². The zero-order valence-corrected chi connectivity index (χ0v) is 94.0. The second-order valence-electron chi connectivity index (χ2n) is 38.6. The van der Waals surface area contributed by atoms with E-state index in [1.165, 1.54) is 353 Å². The maximum absolute atomic E-state index is 12.4. The third kappa shape index (κ3) is 67.2. The first-order valence-electron chi connectivity index (χ1n) is 55.6. The molecule has 8 aromatic rings. The van der Waals surface area contributed by atoms with Crippen molar-refractivity contribution in [3.05, 3.63) is 239 Å². The van der Waals surface area contributed by atoms with Crippen LogP contribution in [0.1, 0.15) is 459 Å². The molecule has 16 nitrogen and oxygen atoms in total. The van der Waals surface area contributed by atoms with Gasteiger partial charge >= 0.3 is 52.4 Å². The van der Waals surface area contributed by atoms with Gasteiger partial charge in [0.15, 0.2) is 0 Å². The van der Waals surface area contributed by atoms with Crippen molar-refractivity contribution in [2.75, 3.05) is 0 Å². The third-order valence-electron chi connectivity index (χ3n) is 25.7. The van der Waals surface area contributed by atoms with Crippen molar-refractivity contribution in [2.45, 2.75) is 466 Å². The van der Waals surface area contributed by atoms with Crippen LogP contribution in [-0.2, 0) is 90.7 Å². The number of hydrogen-bond acceptors (Lipinski definition) is 16. The van der Waals surface area contributed by atoms with Crippen LogP contribution in [0.25, 0.3) is 0 Å². The van der Waals surface area contributed by atoms with Crippen molar-refractivity contribution in [2.24, 2.45) is 0 Å². The maximum Gasteiger partial charge on any atom is 4.00 e. The minimum absolute atomic E-state index is 0. The van der Waals surface area contributed by atoms with Gasteiger partial charge in [0.1, 0.15) is 46.0 Å². The van der Waals surface area contributed by atoms with Gasteiger partial charge in [0.05, 0.1) is 0 Å². The quantitative estimate of drug-likeness (QED) is 0.0196. The van der Waals surface area contributed by atoms with E-state index in [2.05, 4.69) is 55.4 Å². The van der Waals surface area contributed by atoms with Gasteiger partial charge in [-0.2, -0.15) is 0 Å². The minimum atomic E-state index is -4.50. The Balaban J connectivity index is 0.000000391. The van der Waals surface area contributed by atoms with E-state index in [4.69, 9.17) is 36.2 Å². The SMILES string of the molecule is CCCCCCCCCc1ccc(OP(=O)([O-])Oc2ccc(CCCCCCCCC)cc2)cc1.CCCCCCCCCc1ccc(OP(=O)([O-])Oc2ccc(CCCCCCCCC)cc2)cc1.CCCCCCCCCc1ccc(OP(=O)([O-])Oc2ccc(CCCCCCCCC)cc2)cc1.CCCCCCCCCc1ccc(OP(=O)([O-])Oc2ccc(CCCCCCCCC)cc2)cc1.[Mo+4]. The summed E-state index contributed by atoms with van der Waals surface area (Å²) < 4.78 is 90.8. The fourth-order valence-corrected chi connectivity index (χ4v) is 20.3. The largest absolute Gasteiger partial charge is 4.00 e. The molecule has 786 valence electrons. The number of unbranched alkanes of at least 4 members (excludes halogenated alkanes) is 48. The topological polar surface area (TPSA) is 234 Å². The van der Waals surface area contributed by atoms with Gasteiger partial charge in [-0.3, -0.25) is 0 Å². The standard InChI is InChI=1S/4C30H47O4P.Mo/c4*1-3-5-7-9-11-13-15-17-27-19-23-29(24-20-27)33-35(31,32)34-30-25-21-28(22-26-30)18-16-14-12-10-8-6-4-2;/h4*19-26H,3-18H2,1-2H3,(H,31,32);/q;;;;+4/p-4. The van der Waals surface area contributed by atoms with Gasteiger partial charge in [0, 0.05) is 0 Å². The average Bonchev–Trinajstić information content (AvgIpc) is 0.861. The molecule has 141 heavy (non-hydrogen) atoms. The van der Waals surface area contributed by atoms with Crippen LogP contribution in [0, 0.1) is 0 Å². The van der Waals surface area contributed by atoms with Crippen molar-refractivity contribution in [1.82, 2.24) is 0 Å². The molecule has 0 bridgehead atoms. The summed E-state index contributed by atoms with van der Waals surface area (Å²) >= 11 is 0. The van der Waals surface area contributed by atoms with Crippen LogP contribution in [0.5, 0.6) is 46.0 Å². The van der Waals surface area contributed by atoms with Gasteiger partial charge in [-0.15, -0.1) is 0 Å². The van der Waals surface area contributed by atoms with E-state index in [1.54, 1.807) is 97.1 Å². The molecule has 0 heterocycles. The molecule has 8 rings (SSSR count). The van der Waals surface area contributed by atoms with Crippen LogP contribution in [0.3, 0.4) is 0 Å². The van der Waals surface area contributed by atoms with Crippen molar-refractivity contribution in [1.29, 1.82) is 0 Å². The molecule has 0 atom stereocenters. The molecule has 0 aliphatic heterocycles. The van der Waals surface area contributed by atoms with Crippen LogP contribution in [-0.4, -0.2) is 0 Å². The predicted molar refractivity (Wildman–Crippen MR) is 581 cm³/mol. The van der Waals surface area contributed by atoms with Crippen LogP contribution in [0.4, 0.5) is 0 Å². The summed E-state index contributed by atoms with van der Waals surface area (Å²) in [7, 11) is -18.0. The van der Waals surface area contributed by atoms with Crippen LogP contribution < -0.4 is 55.8 Å². The van der Waals surface area contributed by atoms with Crippen molar-refractivity contribution in [3.8, 4) is 46.0 Å². The molecule has 0 fully saturated rings. The number of phosphoric ester groups is 4. The van der Waals surface area contributed by atoms with E-state index in [9.17, 15) is 37.8 Å². The van der Waals surface area contributed by atoms with E-state index in [0.717, 1.165) is 103 Å². The Morgan fingerprint density at radius 2 is 0.220 bits per heavy atom. The van der Waals surface area contributed by atoms with Crippen molar-refractivity contribution in [3.63, 3.8) is 0 Å². The average molecular weight is 2100 g/mol. The summed E-state index contributed by atoms with van der Waals surface area (Å²) in [6.07, 6.45) is 79.7. The molecule has 0 aliphatic rings. The molecule has 0 unspecified atom stereocenters. The van der Waals surface area contributed by atoms with E-state index in [-0.39, 0.29) is 67.1 Å². The van der Waals surface area contributed by atoms with Crippen LogP contribution in [0.2, 0.25) is 0 Å². The number of rotatable bonds is 80. The van der Waals surface area contributed by atoms with Gasteiger partial charge in [0.25, 0.3) is 0 Å². The molecule has 0 aliphatic carbocycles. The van der Waals surface area contributed by atoms with Gasteiger partial charge in [-0.1, -0.05) is 461 Å². The first kappa shape index (κ1) is 127. The first-order valence-corrected chi connectivity index (χ1v) is 61.5. The molecule has 0 spiro atoms. The molecule has 0 N–H and O–H groups in total. The van der Waals surface area contributed by atoms with Gasteiger partial charge in [-0.25, -0.2) is 18.3 Å². The summed E-state index contributed by atoms with van der Waals surface area (Å²) in [5, 5.41) is 0. The van der Waals surface area contributed by atoms with Crippen LogP contribution in [0.15, 0.2) is 194 Å². The zero-order chi connectivity index (χ0) is 101. The molecule has 0 saturated heterocycles. The molecule has 0 saturated carbocycles. The first-order chi connectivity index (χ1) is 68.1. The van der Waals surface area contributed by atoms with E-state index >= 15 is 0 Å². The Morgan fingerprint density at radius 3 is 0.305 bits per heavy atom. The van der Waals surface area contributed by atoms with Gasteiger partial charge in [-0.05, 0) is 244 Å². The number of hydrogen-bond donors (Lipinski definition) is 0. The maximum atomic E-state index is 12.4. The molecular weight excluding hydrogens is 1920 g/mol. The fraction of sp³-hybridized carbons (Fsp3) is 0.600. The summed E-state index contributed by atoms with van der Waals surface area (Å²) in [4.78, 5) is 49.4. The number of phosphoric acid groups is 4. The van der Waals surface area contributed by atoms with Gasteiger partial charge < -0.3 is 55.8 Å². The molecular formula is C120H184MoO16P4. The number of aryl methyl sites for hydroxylation is 8. The third-order valence-corrected chi connectivity index (χ3v) is 29.2. The minimum Gasteiger partial charge on any atom is -0.736 e. The second kappa shape index (κ2) is 81.7. The molecule has 0 radical (unpaired) electrons. The second-order valence-corrected chi connectivity index (χ2v) is 43.7. The molecule has 0 amide bonds. The Kier molecular flexibility index (Phi) is 73.5. The van der Waals surface area contributed by atoms with Gasteiger partial charge in [0.2, 0.25) is 0 Å². The Hall–Kier alpha value is -6.39. The monoisotopic (exact) mass is 2100 g/mol. The summed E-state index contributed by atoms with van der Waals surface area (Å²) in [6, 6.07) is 58.2. The van der Waals surface area contributed by atoms with E-state index in [1.807, 2.05) is 97.1 Å². The Bertz CT molecular complexity index is 3640. The predicted octanol–water partition coefficient (Wildman–Crippen LogP) is 36.8. The van der Waals surface area contributed by atoms with E-state index in [0.29, 0.717) is 0 Å².